The van der Waals surface area contributed by atoms with Crippen molar-refractivity contribution in [2.45, 2.75) is 38.8 Å². The fourth-order valence-corrected chi connectivity index (χ4v) is 3.49. The van der Waals surface area contributed by atoms with Crippen molar-refractivity contribution in [3.63, 3.8) is 0 Å². The number of amides is 2. The molecule has 6 nitrogen and oxygen atoms in total. The van der Waals surface area contributed by atoms with Gasteiger partial charge < -0.3 is 4.74 Å². The van der Waals surface area contributed by atoms with Gasteiger partial charge in [0.25, 0.3) is 0 Å². The summed E-state index contributed by atoms with van der Waals surface area (Å²) in [5, 5.41) is 0. The van der Waals surface area contributed by atoms with Gasteiger partial charge in [-0.1, -0.05) is 12.2 Å². The Hall–Kier alpha value is -2.83. The van der Waals surface area contributed by atoms with Gasteiger partial charge in [0.2, 0.25) is 17.6 Å². The largest absolute Gasteiger partial charge is 0.453 e. The number of ether oxygens (including phenoxy) is 1. The Morgan fingerprint density at radius 3 is 2.07 bits per heavy atom. The topological polar surface area (TPSA) is 80.8 Å². The number of Topliss-reactive ketones (excluding diaryl/α,β-unsaturated/α-hetero) is 1. The van der Waals surface area contributed by atoms with E-state index in [-0.39, 0.29) is 17.4 Å². The monoisotopic (exact) mass is 373 g/mol. The summed E-state index contributed by atoms with van der Waals surface area (Å²) >= 11 is 0. The van der Waals surface area contributed by atoms with Gasteiger partial charge in [0.15, 0.2) is 6.10 Å². The molecule has 142 valence electrons. The van der Waals surface area contributed by atoms with Crippen LogP contribution < -0.4 is 0 Å². The SMILES string of the molecule is C[C@@H](OC(=O)[C@H](C)N1C(=O)[C@H]2CC=CC[C@H]2C1=O)C(=O)c1ccc(F)cc1. The molecule has 7 heteroatoms. The molecule has 1 aromatic rings. The van der Waals surface area contributed by atoms with Crippen LogP contribution >= 0.6 is 0 Å². The fraction of sp³-hybridized carbons (Fsp3) is 0.400. The summed E-state index contributed by atoms with van der Waals surface area (Å²) in [4.78, 5) is 50.8. The number of nitrogens with zero attached hydrogens (tertiary/aromatic N) is 1. The maximum atomic E-state index is 13.0. The Morgan fingerprint density at radius 1 is 1.04 bits per heavy atom. The summed E-state index contributed by atoms with van der Waals surface area (Å²) in [6.07, 6.45) is 3.56. The first-order chi connectivity index (χ1) is 12.8. The molecular weight excluding hydrogens is 353 g/mol. The second-order valence-corrected chi connectivity index (χ2v) is 6.83. The molecular formula is C20H20FNO5. The average Bonchev–Trinajstić information content (AvgIpc) is 2.92. The molecule has 0 bridgehead atoms. The number of rotatable bonds is 5. The van der Waals surface area contributed by atoms with Crippen molar-refractivity contribution in [1.29, 1.82) is 0 Å². The lowest BCUT2D eigenvalue weighted by atomic mass is 9.85. The van der Waals surface area contributed by atoms with Crippen LogP contribution in [0.1, 0.15) is 37.0 Å². The second-order valence-electron chi connectivity index (χ2n) is 6.83. The third kappa shape index (κ3) is 3.54. The van der Waals surface area contributed by atoms with E-state index in [1.54, 1.807) is 0 Å². The summed E-state index contributed by atoms with van der Waals surface area (Å²) in [5.41, 5.74) is 0.203. The third-order valence-corrected chi connectivity index (χ3v) is 5.06. The van der Waals surface area contributed by atoms with Gasteiger partial charge in [-0.2, -0.15) is 0 Å². The number of esters is 1. The quantitative estimate of drug-likeness (QED) is 0.342. The van der Waals surface area contributed by atoms with Gasteiger partial charge in [-0.3, -0.25) is 19.3 Å². The molecule has 0 saturated carbocycles. The van der Waals surface area contributed by atoms with Crippen molar-refractivity contribution in [1.82, 2.24) is 4.90 Å². The fourth-order valence-electron chi connectivity index (χ4n) is 3.49. The molecule has 27 heavy (non-hydrogen) atoms. The zero-order chi connectivity index (χ0) is 19.7. The summed E-state index contributed by atoms with van der Waals surface area (Å²) in [5.74, 6) is -3.43. The van der Waals surface area contributed by atoms with Gasteiger partial charge in [-0.05, 0) is 51.0 Å². The van der Waals surface area contributed by atoms with Crippen LogP contribution in [0.4, 0.5) is 4.39 Å². The summed E-state index contributed by atoms with van der Waals surface area (Å²) in [6, 6.07) is 3.77. The number of hydrogen-bond donors (Lipinski definition) is 0. The molecule has 2 aliphatic rings. The second kappa shape index (κ2) is 7.42. The predicted molar refractivity (Wildman–Crippen MR) is 93.0 cm³/mol. The van der Waals surface area contributed by atoms with E-state index in [1.165, 1.54) is 26.0 Å². The van der Waals surface area contributed by atoms with E-state index < -0.39 is 41.6 Å². The van der Waals surface area contributed by atoms with E-state index in [9.17, 15) is 23.6 Å². The Balaban J connectivity index is 1.67. The molecule has 4 atom stereocenters. The zero-order valence-electron chi connectivity index (χ0n) is 15.1. The first kappa shape index (κ1) is 18.9. The number of fused-ring (bicyclic) bond motifs is 1. The highest BCUT2D eigenvalue weighted by Crippen LogP contribution is 2.36. The van der Waals surface area contributed by atoms with Gasteiger partial charge in [-0.15, -0.1) is 0 Å². The van der Waals surface area contributed by atoms with Crippen LogP contribution in [0.3, 0.4) is 0 Å². The van der Waals surface area contributed by atoms with Crippen molar-refractivity contribution in [2.24, 2.45) is 11.8 Å². The minimum absolute atomic E-state index is 0.203. The third-order valence-electron chi connectivity index (χ3n) is 5.06. The van der Waals surface area contributed by atoms with E-state index in [4.69, 9.17) is 4.74 Å². The van der Waals surface area contributed by atoms with Gasteiger partial charge in [0.1, 0.15) is 11.9 Å². The normalized spacial score (nSPS) is 23.7. The molecule has 0 radical (unpaired) electrons. The molecule has 1 aliphatic carbocycles. The van der Waals surface area contributed by atoms with Gasteiger partial charge in [0.05, 0.1) is 11.8 Å². The number of benzene rings is 1. The number of ketones is 1. The van der Waals surface area contributed by atoms with Crippen molar-refractivity contribution in [2.75, 3.05) is 0 Å². The van der Waals surface area contributed by atoms with Crippen LogP contribution in [0, 0.1) is 17.7 Å². The molecule has 0 aromatic heterocycles. The van der Waals surface area contributed by atoms with E-state index in [2.05, 4.69) is 0 Å². The Labute approximate surface area is 156 Å². The maximum Gasteiger partial charge on any atom is 0.329 e. The molecule has 0 N–H and O–H groups in total. The van der Waals surface area contributed by atoms with E-state index in [0.29, 0.717) is 12.8 Å². The molecule has 1 aliphatic heterocycles. The van der Waals surface area contributed by atoms with E-state index >= 15 is 0 Å². The van der Waals surface area contributed by atoms with E-state index in [0.717, 1.165) is 17.0 Å². The summed E-state index contributed by atoms with van der Waals surface area (Å²) < 4.78 is 18.1. The number of halogens is 1. The summed E-state index contributed by atoms with van der Waals surface area (Å²) in [6.45, 7) is 2.81. The lowest BCUT2D eigenvalue weighted by molar-refractivity contribution is -0.159. The van der Waals surface area contributed by atoms with Gasteiger partial charge in [-0.25, -0.2) is 9.18 Å². The number of allylic oxidation sites excluding steroid dienone is 2. The Bertz CT molecular complexity index is 790. The lowest BCUT2D eigenvalue weighted by Gasteiger charge is -2.23. The highest BCUT2D eigenvalue weighted by atomic mass is 19.1. The molecule has 3 rings (SSSR count). The highest BCUT2D eigenvalue weighted by Gasteiger charge is 2.50. The summed E-state index contributed by atoms with van der Waals surface area (Å²) in [7, 11) is 0. The first-order valence-corrected chi connectivity index (χ1v) is 8.83. The van der Waals surface area contributed by atoms with Crippen molar-refractivity contribution < 1.29 is 28.3 Å². The number of imide groups is 1. The number of carbonyl (C=O) groups excluding carboxylic acids is 4. The van der Waals surface area contributed by atoms with Crippen LogP contribution in [0.2, 0.25) is 0 Å². The molecule has 1 fully saturated rings. The van der Waals surface area contributed by atoms with Gasteiger partial charge in [0, 0.05) is 5.56 Å². The van der Waals surface area contributed by atoms with Crippen LogP contribution in [0.5, 0.6) is 0 Å². The molecule has 2 amide bonds. The van der Waals surface area contributed by atoms with Gasteiger partial charge >= 0.3 is 5.97 Å². The van der Waals surface area contributed by atoms with Crippen LogP contribution in [-0.2, 0) is 19.1 Å². The molecule has 0 spiro atoms. The maximum absolute atomic E-state index is 13.0. The zero-order valence-corrected chi connectivity index (χ0v) is 15.1. The van der Waals surface area contributed by atoms with Crippen molar-refractivity contribution in [3.05, 3.63) is 47.8 Å². The number of hydrogen-bond acceptors (Lipinski definition) is 5. The van der Waals surface area contributed by atoms with Crippen LogP contribution in [0.15, 0.2) is 36.4 Å². The first-order valence-electron chi connectivity index (χ1n) is 8.83. The Kier molecular flexibility index (Phi) is 5.21. The molecule has 0 unspecified atom stereocenters. The molecule has 1 saturated heterocycles. The highest BCUT2D eigenvalue weighted by molar-refractivity contribution is 6.08. The number of likely N-dealkylation sites (tertiary alicyclic amines) is 1. The predicted octanol–water partition coefficient (Wildman–Crippen LogP) is 2.28. The smallest absolute Gasteiger partial charge is 0.329 e. The number of carbonyl (C=O) groups is 4. The Morgan fingerprint density at radius 2 is 1.56 bits per heavy atom. The van der Waals surface area contributed by atoms with Crippen molar-refractivity contribution in [3.8, 4) is 0 Å². The lowest BCUT2D eigenvalue weighted by Crippen LogP contribution is -2.45. The minimum Gasteiger partial charge on any atom is -0.453 e. The molecule has 1 heterocycles. The average molecular weight is 373 g/mol. The van der Waals surface area contributed by atoms with Crippen LogP contribution in [-0.4, -0.2) is 40.6 Å². The van der Waals surface area contributed by atoms with E-state index in [1.807, 2.05) is 12.2 Å². The van der Waals surface area contributed by atoms with Crippen molar-refractivity contribution >= 4 is 23.6 Å². The molecule has 1 aromatic carbocycles. The van der Waals surface area contributed by atoms with Crippen LogP contribution in [0.25, 0.3) is 0 Å². The minimum atomic E-state index is -1.12. The standard InChI is InChI=1S/C20H20FNO5/c1-11(22-18(24)15-5-3-4-6-16(15)19(22)25)20(26)27-12(2)17(23)13-7-9-14(21)10-8-13/h3-4,7-12,15-16H,5-6H2,1-2H3/t11-,12+,15-,16+/m0/s1.